The van der Waals surface area contributed by atoms with Crippen LogP contribution in [0.5, 0.6) is 0 Å². The number of carbonyl (C=O) groups excluding carboxylic acids is 2. The Hall–Kier alpha value is -1.97. The highest BCUT2D eigenvalue weighted by molar-refractivity contribution is 6.19. The Morgan fingerprint density at radius 1 is 1.35 bits per heavy atom. The second-order valence-corrected chi connectivity index (χ2v) is 5.10. The molecular weight excluding hydrogens is 216 g/mol. The van der Waals surface area contributed by atoms with Crippen molar-refractivity contribution in [3.63, 3.8) is 0 Å². The van der Waals surface area contributed by atoms with E-state index in [0.717, 1.165) is 5.52 Å². The van der Waals surface area contributed by atoms with Crippen LogP contribution in [0.25, 0.3) is 5.52 Å². The lowest BCUT2D eigenvalue weighted by Crippen LogP contribution is -2.34. The molecule has 0 amide bonds. The SMILES string of the molecule is CC1(C)CC(=O)c2c(ccn3cncc23)C1=O. The van der Waals surface area contributed by atoms with E-state index in [-0.39, 0.29) is 18.0 Å². The Bertz CT molecular complexity index is 652. The molecule has 0 saturated carbocycles. The molecule has 0 saturated heterocycles. The molecule has 0 spiro atoms. The van der Waals surface area contributed by atoms with Crippen LogP contribution in [0, 0.1) is 5.41 Å². The minimum atomic E-state index is -0.595. The summed E-state index contributed by atoms with van der Waals surface area (Å²) in [7, 11) is 0. The van der Waals surface area contributed by atoms with Gasteiger partial charge >= 0.3 is 0 Å². The van der Waals surface area contributed by atoms with Gasteiger partial charge in [-0.15, -0.1) is 0 Å². The highest BCUT2D eigenvalue weighted by Gasteiger charge is 2.39. The molecule has 1 aliphatic carbocycles. The largest absolute Gasteiger partial charge is 0.306 e. The number of rotatable bonds is 0. The summed E-state index contributed by atoms with van der Waals surface area (Å²) >= 11 is 0. The highest BCUT2D eigenvalue weighted by Crippen LogP contribution is 2.36. The van der Waals surface area contributed by atoms with E-state index in [1.54, 1.807) is 29.2 Å². The van der Waals surface area contributed by atoms with Crippen molar-refractivity contribution in [2.75, 3.05) is 0 Å². The third kappa shape index (κ3) is 1.27. The molecule has 2 aromatic heterocycles. The van der Waals surface area contributed by atoms with Gasteiger partial charge in [0.15, 0.2) is 11.6 Å². The number of pyridine rings is 1. The number of hydrogen-bond donors (Lipinski definition) is 0. The van der Waals surface area contributed by atoms with Crippen molar-refractivity contribution in [3.8, 4) is 0 Å². The molecule has 0 atom stereocenters. The summed E-state index contributed by atoms with van der Waals surface area (Å²) in [6, 6.07) is 1.71. The van der Waals surface area contributed by atoms with Crippen LogP contribution < -0.4 is 0 Å². The van der Waals surface area contributed by atoms with Crippen LogP contribution in [0.4, 0.5) is 0 Å². The van der Waals surface area contributed by atoms with Gasteiger partial charge in [-0.2, -0.15) is 0 Å². The molecule has 4 heteroatoms. The molecule has 86 valence electrons. The predicted octanol–water partition coefficient (Wildman–Crippen LogP) is 2.13. The van der Waals surface area contributed by atoms with Crippen LogP contribution in [-0.4, -0.2) is 21.0 Å². The molecule has 17 heavy (non-hydrogen) atoms. The molecular formula is C13H12N2O2. The zero-order valence-electron chi connectivity index (χ0n) is 9.73. The first-order valence-corrected chi connectivity index (χ1v) is 5.53. The minimum Gasteiger partial charge on any atom is -0.306 e. The van der Waals surface area contributed by atoms with E-state index in [1.165, 1.54) is 0 Å². The van der Waals surface area contributed by atoms with E-state index in [1.807, 2.05) is 13.8 Å². The third-order valence-corrected chi connectivity index (χ3v) is 3.33. The summed E-state index contributed by atoms with van der Waals surface area (Å²) in [4.78, 5) is 28.4. The summed E-state index contributed by atoms with van der Waals surface area (Å²) in [6.45, 7) is 3.63. The van der Waals surface area contributed by atoms with Crippen LogP contribution >= 0.6 is 0 Å². The number of nitrogens with zero attached hydrogens (tertiary/aromatic N) is 2. The van der Waals surface area contributed by atoms with Gasteiger partial charge in [0, 0.05) is 23.6 Å². The van der Waals surface area contributed by atoms with E-state index in [9.17, 15) is 9.59 Å². The van der Waals surface area contributed by atoms with Gasteiger partial charge in [-0.1, -0.05) is 13.8 Å². The zero-order valence-corrected chi connectivity index (χ0v) is 9.73. The number of ketones is 2. The van der Waals surface area contributed by atoms with Crippen molar-refractivity contribution < 1.29 is 9.59 Å². The van der Waals surface area contributed by atoms with Crippen LogP contribution in [-0.2, 0) is 0 Å². The maximum atomic E-state index is 12.3. The van der Waals surface area contributed by atoms with Gasteiger partial charge in [0.25, 0.3) is 0 Å². The Morgan fingerprint density at radius 3 is 2.88 bits per heavy atom. The fourth-order valence-corrected chi connectivity index (χ4v) is 2.41. The second-order valence-electron chi connectivity index (χ2n) is 5.10. The average molecular weight is 228 g/mol. The van der Waals surface area contributed by atoms with E-state index in [2.05, 4.69) is 4.98 Å². The van der Waals surface area contributed by atoms with Crippen LogP contribution in [0.3, 0.4) is 0 Å². The summed E-state index contributed by atoms with van der Waals surface area (Å²) in [5, 5.41) is 0. The summed E-state index contributed by atoms with van der Waals surface area (Å²) in [5.74, 6) is 0.0616. The Labute approximate surface area is 98.3 Å². The first-order valence-electron chi connectivity index (χ1n) is 5.53. The lowest BCUT2D eigenvalue weighted by Gasteiger charge is -2.28. The first kappa shape index (κ1) is 10.2. The number of Topliss-reactive ketones (excluding diaryl/α,β-unsaturated/α-hetero) is 2. The van der Waals surface area contributed by atoms with Gasteiger partial charge < -0.3 is 4.40 Å². The molecule has 0 radical (unpaired) electrons. The van der Waals surface area contributed by atoms with E-state index < -0.39 is 5.41 Å². The Kier molecular flexibility index (Phi) is 1.82. The highest BCUT2D eigenvalue weighted by atomic mass is 16.1. The number of fused-ring (bicyclic) bond motifs is 3. The molecule has 0 aliphatic heterocycles. The number of aromatic nitrogens is 2. The van der Waals surface area contributed by atoms with Crippen molar-refractivity contribution >= 4 is 17.1 Å². The van der Waals surface area contributed by atoms with Crippen molar-refractivity contribution in [2.45, 2.75) is 20.3 Å². The number of hydrogen-bond acceptors (Lipinski definition) is 3. The van der Waals surface area contributed by atoms with Crippen molar-refractivity contribution in [2.24, 2.45) is 5.41 Å². The third-order valence-electron chi connectivity index (χ3n) is 3.33. The molecule has 0 fully saturated rings. The number of imidazole rings is 1. The van der Waals surface area contributed by atoms with E-state index in [0.29, 0.717) is 11.1 Å². The molecule has 3 rings (SSSR count). The van der Waals surface area contributed by atoms with Gasteiger partial charge in [0.05, 0.1) is 23.6 Å². The lowest BCUT2D eigenvalue weighted by atomic mass is 9.73. The maximum absolute atomic E-state index is 12.3. The topological polar surface area (TPSA) is 51.4 Å². The quantitative estimate of drug-likeness (QED) is 0.694. The van der Waals surface area contributed by atoms with Gasteiger partial charge in [-0.25, -0.2) is 4.98 Å². The monoisotopic (exact) mass is 228 g/mol. The van der Waals surface area contributed by atoms with Crippen LogP contribution in [0.15, 0.2) is 24.8 Å². The second kappa shape index (κ2) is 3.03. The zero-order chi connectivity index (χ0) is 12.2. The smallest absolute Gasteiger partial charge is 0.169 e. The van der Waals surface area contributed by atoms with E-state index >= 15 is 0 Å². The summed E-state index contributed by atoms with van der Waals surface area (Å²) in [6.07, 6.45) is 5.30. The van der Waals surface area contributed by atoms with Gasteiger partial charge in [0.1, 0.15) is 0 Å². The fourth-order valence-electron chi connectivity index (χ4n) is 2.41. The molecule has 1 aliphatic rings. The molecule has 4 nitrogen and oxygen atoms in total. The Balaban J connectivity index is 2.38. The van der Waals surface area contributed by atoms with Crippen molar-refractivity contribution in [1.82, 2.24) is 9.38 Å². The van der Waals surface area contributed by atoms with Crippen molar-refractivity contribution in [3.05, 3.63) is 35.9 Å². The standard InChI is InChI=1S/C13H12N2O2/c1-13(2)5-10(16)11-8(12(13)17)3-4-15-7-14-6-9(11)15/h3-4,6-7H,5H2,1-2H3. The fraction of sp³-hybridized carbons (Fsp3) is 0.308. The predicted molar refractivity (Wildman–Crippen MR) is 62.3 cm³/mol. The van der Waals surface area contributed by atoms with Gasteiger partial charge in [-0.05, 0) is 6.07 Å². The molecule has 2 heterocycles. The molecule has 0 bridgehead atoms. The van der Waals surface area contributed by atoms with Crippen LogP contribution in [0.1, 0.15) is 41.0 Å². The minimum absolute atomic E-state index is 0.0238. The lowest BCUT2D eigenvalue weighted by molar-refractivity contribution is 0.0739. The molecule has 0 unspecified atom stereocenters. The average Bonchev–Trinajstić information content (AvgIpc) is 2.72. The molecule has 0 N–H and O–H groups in total. The molecule has 2 aromatic rings. The van der Waals surface area contributed by atoms with Gasteiger partial charge in [0.2, 0.25) is 0 Å². The normalized spacial score (nSPS) is 18.5. The van der Waals surface area contributed by atoms with E-state index in [4.69, 9.17) is 0 Å². The maximum Gasteiger partial charge on any atom is 0.169 e. The van der Waals surface area contributed by atoms with Crippen molar-refractivity contribution in [1.29, 1.82) is 0 Å². The van der Waals surface area contributed by atoms with Crippen LogP contribution in [0.2, 0.25) is 0 Å². The first-order chi connectivity index (χ1) is 8.00. The van der Waals surface area contributed by atoms with Gasteiger partial charge in [-0.3, -0.25) is 9.59 Å². The number of carbonyl (C=O) groups is 2. The summed E-state index contributed by atoms with van der Waals surface area (Å²) in [5.41, 5.74) is 1.17. The molecule has 0 aromatic carbocycles. The summed E-state index contributed by atoms with van der Waals surface area (Å²) < 4.78 is 1.77. The Morgan fingerprint density at radius 2 is 2.12 bits per heavy atom.